The Hall–Kier alpha value is -5.31. The maximum atomic E-state index is 14.3. The zero-order valence-corrected chi connectivity index (χ0v) is 40.3. The van der Waals surface area contributed by atoms with Gasteiger partial charge in [0.15, 0.2) is 0 Å². The lowest BCUT2D eigenvalue weighted by Crippen LogP contribution is -2.52. The van der Waals surface area contributed by atoms with Crippen LogP contribution in [0.25, 0.3) is 0 Å². The van der Waals surface area contributed by atoms with Crippen LogP contribution in [0.3, 0.4) is 0 Å². The summed E-state index contributed by atoms with van der Waals surface area (Å²) in [7, 11) is 0. The number of benzene rings is 3. The normalized spacial score (nSPS) is 25.7. The Labute approximate surface area is 401 Å². The van der Waals surface area contributed by atoms with E-state index in [0.29, 0.717) is 79.5 Å². The lowest BCUT2D eigenvalue weighted by molar-refractivity contribution is -0.138. The largest absolute Gasteiger partial charge is 0.344 e. The first-order valence-electron chi connectivity index (χ1n) is 25.2. The standard InChI is InChI=1S/C28H32FN3O3.C24H31N3O3.C2H6.H3N/c1-17-6-8-20(23(29)12-17)15-30-24-5-3-2-4-19(24)13-18-7-9-22-21(14-18)16-32(28(22)35)25-10-11-26(33)31-27(25)34;28-22-11-10-21(23(29)26-22)27-14-17-13-15(8-9-19(17)24(27)30)12-16-4-1-2-7-20(16)25-18-5-3-6-18;1-2;/h6-9,12,14,19,24-25,30H,2-5,10-11,13,15-16H2,1H3,(H,31,33,34);8-9,13,16,18,20-21,25H,1-7,10-12,14H2,(H,26,28,29);1-2H3;1H3/t19-,24+,25?;16-,20+,21?;;/m11../s1. The molecule has 68 heavy (non-hydrogen) atoms. The van der Waals surface area contributed by atoms with Crippen molar-refractivity contribution in [3.8, 4) is 0 Å². The van der Waals surface area contributed by atoms with Gasteiger partial charge in [0.05, 0.1) is 0 Å². The number of rotatable bonds is 11. The van der Waals surface area contributed by atoms with Crippen molar-refractivity contribution >= 4 is 35.4 Å². The quantitative estimate of drug-likeness (QED) is 0.120. The highest BCUT2D eigenvalue weighted by atomic mass is 19.1. The van der Waals surface area contributed by atoms with Crippen LogP contribution in [0, 0.1) is 24.6 Å². The Bertz CT molecular complexity index is 2350. The van der Waals surface area contributed by atoms with Crippen LogP contribution < -0.4 is 27.4 Å². The number of halogens is 1. The molecule has 5 fully saturated rings. The molecule has 14 heteroatoms. The number of nitrogens with one attached hydrogen (secondary N) is 4. The van der Waals surface area contributed by atoms with E-state index >= 15 is 0 Å². The van der Waals surface area contributed by atoms with E-state index in [-0.39, 0.29) is 53.8 Å². The van der Waals surface area contributed by atoms with Crippen LogP contribution in [0.1, 0.15) is 164 Å². The molecular weight excluding hydrogens is 862 g/mol. The van der Waals surface area contributed by atoms with E-state index in [9.17, 15) is 33.2 Å². The summed E-state index contributed by atoms with van der Waals surface area (Å²) in [5.74, 6) is -0.554. The number of carbonyl (C=O) groups is 6. The first-order valence-corrected chi connectivity index (χ1v) is 25.2. The first kappa shape index (κ1) is 50.6. The van der Waals surface area contributed by atoms with Crippen LogP contribution >= 0.6 is 0 Å². The molecule has 0 bridgehead atoms. The molecule has 0 spiro atoms. The van der Waals surface area contributed by atoms with E-state index < -0.39 is 12.1 Å². The molecule has 13 nitrogen and oxygen atoms in total. The topological polar surface area (TPSA) is 192 Å². The smallest absolute Gasteiger partial charge is 0.255 e. The van der Waals surface area contributed by atoms with Crippen molar-refractivity contribution in [3.05, 3.63) is 105 Å². The second-order valence-electron chi connectivity index (χ2n) is 19.8. The summed E-state index contributed by atoms with van der Waals surface area (Å²) in [6, 6.07) is 18.1. The van der Waals surface area contributed by atoms with Crippen molar-refractivity contribution in [2.75, 3.05) is 0 Å². The fourth-order valence-electron chi connectivity index (χ4n) is 11.4. The van der Waals surface area contributed by atoms with Crippen LogP contribution in [0.4, 0.5) is 4.39 Å². The summed E-state index contributed by atoms with van der Waals surface area (Å²) >= 11 is 0. The van der Waals surface area contributed by atoms with E-state index in [1.165, 1.54) is 68.9 Å². The number of fused-ring (bicyclic) bond motifs is 2. The molecular formula is C54H72FN7O6. The fraction of sp³-hybridized carbons (Fsp3) is 0.556. The third-order valence-corrected chi connectivity index (χ3v) is 15.3. The highest BCUT2D eigenvalue weighted by molar-refractivity contribution is 6.06. The van der Waals surface area contributed by atoms with Gasteiger partial charge in [-0.3, -0.25) is 39.4 Å². The van der Waals surface area contributed by atoms with E-state index in [2.05, 4.69) is 39.5 Å². The Morgan fingerprint density at radius 3 is 1.59 bits per heavy atom. The Balaban J connectivity index is 0.000000193. The number of amides is 6. The van der Waals surface area contributed by atoms with Gasteiger partial charge >= 0.3 is 0 Å². The van der Waals surface area contributed by atoms with Gasteiger partial charge in [0.25, 0.3) is 11.8 Å². The van der Waals surface area contributed by atoms with Gasteiger partial charge in [-0.15, -0.1) is 0 Å². The molecule has 0 aromatic heterocycles. The van der Waals surface area contributed by atoms with E-state index in [1.807, 2.05) is 51.1 Å². The van der Waals surface area contributed by atoms with Crippen molar-refractivity contribution < 1.29 is 33.2 Å². The lowest BCUT2D eigenvalue weighted by atomic mass is 9.79. The molecule has 2 unspecified atom stereocenters. The number of carbonyl (C=O) groups excluding carboxylic acids is 6. The predicted molar refractivity (Wildman–Crippen MR) is 259 cm³/mol. The van der Waals surface area contributed by atoms with Gasteiger partial charge in [0.1, 0.15) is 17.9 Å². The molecule has 7 aliphatic rings. The summed E-state index contributed by atoms with van der Waals surface area (Å²) in [4.78, 5) is 76.6. The third-order valence-electron chi connectivity index (χ3n) is 15.3. The Kier molecular flexibility index (Phi) is 17.0. The average Bonchev–Trinajstić information content (AvgIpc) is 3.80. The van der Waals surface area contributed by atoms with Gasteiger partial charge in [-0.25, -0.2) is 4.39 Å². The monoisotopic (exact) mass is 934 g/mol. The van der Waals surface area contributed by atoms with Crippen molar-refractivity contribution in [2.24, 2.45) is 11.8 Å². The molecule has 10 rings (SSSR count). The summed E-state index contributed by atoms with van der Waals surface area (Å²) in [5, 5.41) is 12.2. The summed E-state index contributed by atoms with van der Waals surface area (Å²) in [5.41, 5.74) is 7.40. The molecule has 4 heterocycles. The number of imide groups is 2. The van der Waals surface area contributed by atoms with Gasteiger partial charge in [-0.1, -0.05) is 82.3 Å². The fourth-order valence-corrected chi connectivity index (χ4v) is 11.4. The second-order valence-corrected chi connectivity index (χ2v) is 19.8. The van der Waals surface area contributed by atoms with Crippen LogP contribution in [-0.4, -0.2) is 75.5 Å². The third kappa shape index (κ3) is 11.6. The first-order chi connectivity index (χ1) is 32.5. The van der Waals surface area contributed by atoms with Crippen molar-refractivity contribution in [1.82, 2.24) is 37.2 Å². The van der Waals surface area contributed by atoms with Crippen LogP contribution in [0.15, 0.2) is 54.6 Å². The Morgan fingerprint density at radius 1 is 0.603 bits per heavy atom. The number of hydrogen-bond acceptors (Lipinski definition) is 9. The molecule has 366 valence electrons. The van der Waals surface area contributed by atoms with Gasteiger partial charge in [0.2, 0.25) is 23.6 Å². The zero-order chi connectivity index (χ0) is 47.2. The average molecular weight is 934 g/mol. The molecule has 6 amide bonds. The van der Waals surface area contributed by atoms with Crippen molar-refractivity contribution in [2.45, 2.75) is 180 Å². The SMILES string of the molecule is CC.Cc1ccc(CN[C@H]2CCCC[C@@H]2Cc2ccc3c(c2)CN(C2CCC(=O)NC2=O)C3=O)c(F)c1.N.O=C1CCC(N2Cc3cc(C[C@H]4CCCC[C@@H]4NC4CCC4)ccc3C2=O)C(=O)N1. The van der Waals surface area contributed by atoms with Crippen LogP contribution in [-0.2, 0) is 51.7 Å². The molecule has 2 saturated heterocycles. The van der Waals surface area contributed by atoms with Gasteiger partial charge < -0.3 is 26.6 Å². The second kappa shape index (κ2) is 22.9. The summed E-state index contributed by atoms with van der Waals surface area (Å²) in [6.07, 6.45) is 17.0. The lowest BCUT2D eigenvalue weighted by Gasteiger charge is -2.38. The van der Waals surface area contributed by atoms with E-state index in [0.717, 1.165) is 48.4 Å². The van der Waals surface area contributed by atoms with E-state index in [1.54, 1.807) is 15.9 Å². The summed E-state index contributed by atoms with van der Waals surface area (Å²) in [6.45, 7) is 7.27. The van der Waals surface area contributed by atoms with E-state index in [4.69, 9.17) is 0 Å². The van der Waals surface area contributed by atoms with Gasteiger partial charge in [0, 0.05) is 67.3 Å². The van der Waals surface area contributed by atoms with Gasteiger partial charge in [-0.05, 0) is 129 Å². The molecule has 3 aromatic rings. The molecule has 3 saturated carbocycles. The Morgan fingerprint density at radius 2 is 1.10 bits per heavy atom. The van der Waals surface area contributed by atoms with Gasteiger partial charge in [-0.2, -0.15) is 0 Å². The minimum absolute atomic E-state index is 0. The maximum absolute atomic E-state index is 14.3. The number of hydrogen-bond donors (Lipinski definition) is 5. The van der Waals surface area contributed by atoms with Crippen molar-refractivity contribution in [1.29, 1.82) is 0 Å². The molecule has 4 aliphatic heterocycles. The zero-order valence-electron chi connectivity index (χ0n) is 40.3. The maximum Gasteiger partial charge on any atom is 0.255 e. The molecule has 3 aromatic carbocycles. The van der Waals surface area contributed by atoms with Crippen molar-refractivity contribution in [3.63, 3.8) is 0 Å². The number of aryl methyl sites for hydroxylation is 1. The minimum atomic E-state index is -0.592. The molecule has 3 aliphatic carbocycles. The predicted octanol–water partition coefficient (Wildman–Crippen LogP) is 7.67. The number of nitrogens with zero attached hydrogens (tertiary/aromatic N) is 2. The summed E-state index contributed by atoms with van der Waals surface area (Å²) < 4.78 is 14.3. The molecule has 0 radical (unpaired) electrons. The highest BCUT2D eigenvalue weighted by Gasteiger charge is 2.41. The highest BCUT2D eigenvalue weighted by Crippen LogP contribution is 2.35. The van der Waals surface area contributed by atoms with Crippen LogP contribution in [0.5, 0.6) is 0 Å². The minimum Gasteiger partial charge on any atom is -0.344 e. The number of piperidine rings is 2. The van der Waals surface area contributed by atoms with Crippen LogP contribution in [0.2, 0.25) is 0 Å². The molecule has 7 N–H and O–H groups in total. The molecule has 6 atom stereocenters.